The lowest BCUT2D eigenvalue weighted by molar-refractivity contribution is -0.00954. The fourth-order valence-electron chi connectivity index (χ4n) is 1.96. The first-order chi connectivity index (χ1) is 8.93. The molecule has 1 aliphatic rings. The van der Waals surface area contributed by atoms with E-state index < -0.39 is 0 Å². The molecule has 106 valence electrons. The van der Waals surface area contributed by atoms with Crippen LogP contribution in [0.5, 0.6) is 0 Å². The van der Waals surface area contributed by atoms with Crippen LogP contribution in [0.3, 0.4) is 0 Å². The Labute approximate surface area is 125 Å². The summed E-state index contributed by atoms with van der Waals surface area (Å²) in [6, 6.07) is 0. The van der Waals surface area contributed by atoms with Crippen LogP contribution >= 0.6 is 27.5 Å². The Balaban J connectivity index is 2.18. The highest BCUT2D eigenvalue weighted by molar-refractivity contribution is 9.09. The highest BCUT2D eigenvalue weighted by Gasteiger charge is 2.31. The Hall–Kier alpha value is -0.530. The molecule has 19 heavy (non-hydrogen) atoms. The van der Waals surface area contributed by atoms with Crippen molar-refractivity contribution in [1.82, 2.24) is 14.5 Å². The molecule has 2 rings (SSSR count). The zero-order valence-corrected chi connectivity index (χ0v) is 13.8. The maximum absolute atomic E-state index is 12.6. The van der Waals surface area contributed by atoms with E-state index in [1.807, 2.05) is 25.7 Å². The maximum Gasteiger partial charge on any atom is 0.267 e. The van der Waals surface area contributed by atoms with Crippen molar-refractivity contribution < 1.29 is 9.53 Å². The van der Waals surface area contributed by atoms with Gasteiger partial charge in [-0.05, 0) is 11.5 Å². The third kappa shape index (κ3) is 3.32. The summed E-state index contributed by atoms with van der Waals surface area (Å²) in [5, 5.41) is 4.86. The maximum atomic E-state index is 12.6. The number of morpholine rings is 1. The first kappa shape index (κ1) is 14.9. The molecular weight excluding hydrogens is 330 g/mol. The largest absolute Gasteiger partial charge is 0.374 e. The summed E-state index contributed by atoms with van der Waals surface area (Å²) in [6.45, 7) is 7.96. The molecule has 0 aromatic carbocycles. The van der Waals surface area contributed by atoms with Gasteiger partial charge in [-0.1, -0.05) is 41.2 Å². The molecule has 0 N–H and O–H groups in total. The van der Waals surface area contributed by atoms with Gasteiger partial charge in [0.1, 0.15) is 4.88 Å². The highest BCUT2D eigenvalue weighted by Crippen LogP contribution is 2.27. The molecule has 0 saturated carbocycles. The van der Waals surface area contributed by atoms with Gasteiger partial charge >= 0.3 is 0 Å². The normalized spacial score (nSPS) is 20.6. The molecule has 0 spiro atoms. The van der Waals surface area contributed by atoms with Crippen LogP contribution in [-0.2, 0) is 10.2 Å². The Morgan fingerprint density at radius 1 is 1.58 bits per heavy atom. The van der Waals surface area contributed by atoms with Crippen molar-refractivity contribution in [3.63, 3.8) is 0 Å². The smallest absolute Gasteiger partial charge is 0.267 e. The second-order valence-electron chi connectivity index (χ2n) is 5.60. The lowest BCUT2D eigenvalue weighted by atomic mass is 9.91. The predicted molar refractivity (Wildman–Crippen MR) is 78.0 cm³/mol. The number of halogens is 1. The van der Waals surface area contributed by atoms with Crippen molar-refractivity contribution in [3.05, 3.63) is 10.6 Å². The van der Waals surface area contributed by atoms with Crippen molar-refractivity contribution in [2.24, 2.45) is 0 Å². The molecule has 5 nitrogen and oxygen atoms in total. The van der Waals surface area contributed by atoms with Crippen LogP contribution in [-0.4, -0.2) is 51.5 Å². The van der Waals surface area contributed by atoms with Crippen LogP contribution in [0, 0.1) is 0 Å². The minimum Gasteiger partial charge on any atom is -0.374 e. The monoisotopic (exact) mass is 347 g/mol. The van der Waals surface area contributed by atoms with Gasteiger partial charge in [-0.3, -0.25) is 4.79 Å². The molecule has 1 unspecified atom stereocenters. The second-order valence-corrected chi connectivity index (χ2v) is 7.00. The van der Waals surface area contributed by atoms with Crippen molar-refractivity contribution in [3.8, 4) is 0 Å². The van der Waals surface area contributed by atoms with Gasteiger partial charge in [-0.2, -0.15) is 0 Å². The molecule has 0 bridgehead atoms. The van der Waals surface area contributed by atoms with Crippen LogP contribution in [0.2, 0.25) is 0 Å². The van der Waals surface area contributed by atoms with E-state index in [0.717, 1.165) is 11.0 Å². The number of rotatable bonds is 2. The van der Waals surface area contributed by atoms with Gasteiger partial charge in [0.2, 0.25) is 0 Å². The SMILES string of the molecule is CC(C)(C)c1nnsc1C(=O)N1CCOC(CBr)C1. The number of hydrogen-bond acceptors (Lipinski definition) is 5. The molecular formula is C12H18BrN3O2S. The van der Waals surface area contributed by atoms with Crippen LogP contribution < -0.4 is 0 Å². The minimum absolute atomic E-state index is 0.0224. The Morgan fingerprint density at radius 3 is 2.95 bits per heavy atom. The molecule has 1 atom stereocenters. The summed E-state index contributed by atoms with van der Waals surface area (Å²) >= 11 is 4.58. The number of carbonyl (C=O) groups excluding carboxylic acids is 1. The van der Waals surface area contributed by atoms with Crippen LogP contribution in [0.4, 0.5) is 0 Å². The summed E-state index contributed by atoms with van der Waals surface area (Å²) in [4.78, 5) is 15.1. The second kappa shape index (κ2) is 5.85. The van der Waals surface area contributed by atoms with E-state index in [0.29, 0.717) is 24.6 Å². The van der Waals surface area contributed by atoms with Crippen molar-refractivity contribution in [2.45, 2.75) is 32.3 Å². The van der Waals surface area contributed by atoms with Crippen molar-refractivity contribution in [2.75, 3.05) is 25.0 Å². The van der Waals surface area contributed by atoms with E-state index in [1.165, 1.54) is 11.5 Å². The fourth-order valence-corrected chi connectivity index (χ4v) is 3.20. The van der Waals surface area contributed by atoms with Crippen molar-refractivity contribution >= 4 is 33.4 Å². The molecule has 1 fully saturated rings. The number of aromatic nitrogens is 2. The Bertz CT molecular complexity index is 458. The fraction of sp³-hybridized carbons (Fsp3) is 0.750. The molecule has 0 aliphatic carbocycles. The zero-order valence-electron chi connectivity index (χ0n) is 11.4. The van der Waals surface area contributed by atoms with Crippen LogP contribution in [0.15, 0.2) is 0 Å². The summed E-state index contributed by atoms with van der Waals surface area (Å²) in [5.41, 5.74) is 0.614. The number of nitrogens with zero attached hydrogens (tertiary/aromatic N) is 3. The first-order valence-corrected chi connectivity index (χ1v) is 8.12. The van der Waals surface area contributed by atoms with Gasteiger partial charge in [0.25, 0.3) is 5.91 Å². The van der Waals surface area contributed by atoms with Gasteiger partial charge in [0.05, 0.1) is 18.4 Å². The first-order valence-electron chi connectivity index (χ1n) is 6.23. The van der Waals surface area contributed by atoms with E-state index in [-0.39, 0.29) is 17.4 Å². The summed E-state index contributed by atoms with van der Waals surface area (Å²) in [6.07, 6.45) is 0.0664. The molecule has 0 radical (unpaired) electrons. The van der Waals surface area contributed by atoms with Gasteiger partial charge < -0.3 is 9.64 Å². The van der Waals surface area contributed by atoms with Crippen molar-refractivity contribution in [1.29, 1.82) is 0 Å². The summed E-state index contributed by atoms with van der Waals surface area (Å²) in [7, 11) is 0. The van der Waals surface area contributed by atoms with E-state index in [9.17, 15) is 4.79 Å². The number of alkyl halides is 1. The molecule has 2 heterocycles. The minimum atomic E-state index is -0.168. The molecule has 1 aromatic rings. The molecule has 1 saturated heterocycles. The lowest BCUT2D eigenvalue weighted by Gasteiger charge is -2.32. The predicted octanol–water partition coefficient (Wildman–Crippen LogP) is 2.07. The Kier molecular flexibility index (Phi) is 4.58. The molecule has 1 amide bonds. The average Bonchev–Trinajstić information content (AvgIpc) is 2.87. The summed E-state index contributed by atoms with van der Waals surface area (Å²) in [5.74, 6) is 0.0224. The van der Waals surface area contributed by atoms with Gasteiger partial charge in [-0.25, -0.2) is 0 Å². The van der Waals surface area contributed by atoms with Gasteiger partial charge in [0, 0.05) is 23.8 Å². The third-order valence-corrected chi connectivity index (χ3v) is 4.43. The van der Waals surface area contributed by atoms with E-state index in [1.54, 1.807) is 0 Å². The van der Waals surface area contributed by atoms with Gasteiger partial charge in [-0.15, -0.1) is 5.10 Å². The van der Waals surface area contributed by atoms with Crippen LogP contribution in [0.25, 0.3) is 0 Å². The van der Waals surface area contributed by atoms with Crippen LogP contribution in [0.1, 0.15) is 36.1 Å². The standard InChI is InChI=1S/C12H18BrN3O2S/c1-12(2,3)10-9(19-15-14-10)11(17)16-4-5-18-8(6-13)7-16/h8H,4-7H2,1-3H3. The summed E-state index contributed by atoms with van der Waals surface area (Å²) < 4.78 is 9.50. The number of carbonyl (C=O) groups is 1. The highest BCUT2D eigenvalue weighted by atomic mass is 79.9. The Morgan fingerprint density at radius 2 is 2.32 bits per heavy atom. The topological polar surface area (TPSA) is 55.3 Å². The molecule has 1 aromatic heterocycles. The van der Waals surface area contributed by atoms with E-state index >= 15 is 0 Å². The third-order valence-electron chi connectivity index (χ3n) is 2.99. The van der Waals surface area contributed by atoms with E-state index in [2.05, 4.69) is 25.5 Å². The average molecular weight is 348 g/mol. The van der Waals surface area contributed by atoms with E-state index in [4.69, 9.17) is 4.74 Å². The zero-order chi connectivity index (χ0) is 14.0. The molecule has 1 aliphatic heterocycles. The van der Waals surface area contributed by atoms with Gasteiger partial charge in [0.15, 0.2) is 0 Å². The number of amides is 1. The lowest BCUT2D eigenvalue weighted by Crippen LogP contribution is -2.46. The quantitative estimate of drug-likeness (QED) is 0.768. The molecule has 7 heteroatoms. The number of hydrogen-bond donors (Lipinski definition) is 0. The number of ether oxygens (including phenoxy) is 1.